The first-order valence-electron chi connectivity index (χ1n) is 6.71. The van der Waals surface area contributed by atoms with Crippen molar-refractivity contribution in [3.05, 3.63) is 61.9 Å². The predicted molar refractivity (Wildman–Crippen MR) is 94.0 cm³/mol. The smallest absolute Gasteiger partial charge is 0.348 e. The number of nitrogens with zero attached hydrogens (tertiary/aromatic N) is 1. The number of benzene rings is 2. The van der Waals surface area contributed by atoms with Gasteiger partial charge in [-0.25, -0.2) is 4.79 Å². The largest absolute Gasteiger partial charge is 0.465 e. The van der Waals surface area contributed by atoms with Crippen LogP contribution in [-0.2, 0) is 4.74 Å². The second-order valence-corrected chi connectivity index (χ2v) is 6.71. The Labute approximate surface area is 148 Å². The SMILES string of the molecule is COC(=O)c1cc2cc(Oc3ccc([N+](=O)[O-])cc3)c(Br)cc2s1. The number of nitro benzene ring substituents is 1. The summed E-state index contributed by atoms with van der Waals surface area (Å²) in [6, 6.07) is 11.2. The molecule has 0 aliphatic rings. The van der Waals surface area contributed by atoms with Crippen LogP contribution in [0.4, 0.5) is 5.69 Å². The molecule has 0 aliphatic heterocycles. The van der Waals surface area contributed by atoms with Gasteiger partial charge in [0.2, 0.25) is 0 Å². The molecule has 0 fully saturated rings. The first-order chi connectivity index (χ1) is 11.5. The van der Waals surface area contributed by atoms with Crippen molar-refractivity contribution >= 4 is 49.0 Å². The number of nitro groups is 1. The molecule has 0 bridgehead atoms. The van der Waals surface area contributed by atoms with Crippen LogP contribution >= 0.6 is 27.3 Å². The van der Waals surface area contributed by atoms with Crippen molar-refractivity contribution in [2.45, 2.75) is 0 Å². The average molecular weight is 408 g/mol. The highest BCUT2D eigenvalue weighted by Gasteiger charge is 2.13. The van der Waals surface area contributed by atoms with Gasteiger partial charge in [0.1, 0.15) is 16.4 Å². The third-order valence-corrected chi connectivity index (χ3v) is 4.93. The van der Waals surface area contributed by atoms with Crippen molar-refractivity contribution in [2.24, 2.45) is 0 Å². The van der Waals surface area contributed by atoms with Crippen LogP contribution in [0, 0.1) is 10.1 Å². The van der Waals surface area contributed by atoms with Crippen molar-refractivity contribution in [2.75, 3.05) is 7.11 Å². The normalized spacial score (nSPS) is 10.6. The molecule has 6 nitrogen and oxygen atoms in total. The minimum Gasteiger partial charge on any atom is -0.465 e. The zero-order valence-electron chi connectivity index (χ0n) is 12.3. The van der Waals surface area contributed by atoms with E-state index in [-0.39, 0.29) is 11.7 Å². The Morgan fingerprint density at radius 3 is 2.54 bits per heavy atom. The number of ether oxygens (including phenoxy) is 2. The van der Waals surface area contributed by atoms with Gasteiger partial charge >= 0.3 is 5.97 Å². The van der Waals surface area contributed by atoms with Gasteiger partial charge in [-0.3, -0.25) is 10.1 Å². The molecule has 3 rings (SSSR count). The molecule has 2 aromatic carbocycles. The van der Waals surface area contributed by atoms with Crippen LogP contribution in [0.5, 0.6) is 11.5 Å². The van der Waals surface area contributed by atoms with Gasteiger partial charge in [0.15, 0.2) is 0 Å². The molecule has 0 atom stereocenters. The van der Waals surface area contributed by atoms with E-state index in [4.69, 9.17) is 9.47 Å². The van der Waals surface area contributed by atoms with E-state index in [9.17, 15) is 14.9 Å². The van der Waals surface area contributed by atoms with Crippen molar-refractivity contribution in [1.29, 1.82) is 0 Å². The van der Waals surface area contributed by atoms with Crippen LogP contribution in [-0.4, -0.2) is 18.0 Å². The van der Waals surface area contributed by atoms with E-state index in [1.807, 2.05) is 6.07 Å². The maximum atomic E-state index is 11.6. The first-order valence-corrected chi connectivity index (χ1v) is 8.32. The molecular formula is C16H10BrNO5S. The Kier molecular flexibility index (Phi) is 4.50. The summed E-state index contributed by atoms with van der Waals surface area (Å²) >= 11 is 4.76. The second-order valence-electron chi connectivity index (χ2n) is 4.78. The van der Waals surface area contributed by atoms with Crippen LogP contribution in [0.15, 0.2) is 46.9 Å². The molecule has 0 aliphatic carbocycles. The molecule has 1 heterocycles. The van der Waals surface area contributed by atoms with Gasteiger partial charge in [-0.15, -0.1) is 11.3 Å². The minimum atomic E-state index is -0.467. The summed E-state index contributed by atoms with van der Waals surface area (Å²) in [5, 5.41) is 11.5. The molecule has 0 saturated heterocycles. The monoisotopic (exact) mass is 407 g/mol. The van der Waals surface area contributed by atoms with Crippen molar-refractivity contribution in [3.63, 3.8) is 0 Å². The maximum Gasteiger partial charge on any atom is 0.348 e. The average Bonchev–Trinajstić information content (AvgIpc) is 2.97. The van der Waals surface area contributed by atoms with Gasteiger partial charge in [0, 0.05) is 16.8 Å². The lowest BCUT2D eigenvalue weighted by molar-refractivity contribution is -0.384. The van der Waals surface area contributed by atoms with Gasteiger partial charge in [-0.2, -0.15) is 0 Å². The highest BCUT2D eigenvalue weighted by Crippen LogP contribution is 2.37. The highest BCUT2D eigenvalue weighted by atomic mass is 79.9. The van der Waals surface area contributed by atoms with Crippen LogP contribution in [0.3, 0.4) is 0 Å². The quantitative estimate of drug-likeness (QED) is 0.339. The Balaban J connectivity index is 1.92. The Bertz CT molecular complexity index is 936. The molecule has 3 aromatic rings. The summed E-state index contributed by atoms with van der Waals surface area (Å²) in [5.41, 5.74) is -0.00239. The third-order valence-electron chi connectivity index (χ3n) is 3.23. The van der Waals surface area contributed by atoms with Crippen molar-refractivity contribution in [1.82, 2.24) is 0 Å². The van der Waals surface area contributed by atoms with E-state index in [1.165, 1.54) is 42.7 Å². The van der Waals surface area contributed by atoms with Crippen molar-refractivity contribution < 1.29 is 19.2 Å². The molecule has 0 amide bonds. The summed E-state index contributed by atoms with van der Waals surface area (Å²) in [4.78, 5) is 22.3. The van der Waals surface area contributed by atoms with Crippen molar-refractivity contribution in [3.8, 4) is 11.5 Å². The number of thiophene rings is 1. The van der Waals surface area contributed by atoms with Gasteiger partial charge in [-0.05, 0) is 51.6 Å². The summed E-state index contributed by atoms with van der Waals surface area (Å²) in [6.45, 7) is 0. The molecular weight excluding hydrogens is 398 g/mol. The number of carbonyl (C=O) groups is 1. The van der Waals surface area contributed by atoms with Crippen LogP contribution < -0.4 is 4.74 Å². The zero-order chi connectivity index (χ0) is 17.3. The van der Waals surface area contributed by atoms with Crippen LogP contribution in [0.1, 0.15) is 9.67 Å². The Morgan fingerprint density at radius 2 is 1.92 bits per heavy atom. The Morgan fingerprint density at radius 1 is 1.21 bits per heavy atom. The lowest BCUT2D eigenvalue weighted by atomic mass is 10.2. The maximum absolute atomic E-state index is 11.6. The number of esters is 1. The fraction of sp³-hybridized carbons (Fsp3) is 0.0625. The van der Waals surface area contributed by atoms with Gasteiger partial charge in [-0.1, -0.05) is 0 Å². The van der Waals surface area contributed by atoms with E-state index >= 15 is 0 Å². The van der Waals surface area contributed by atoms with E-state index < -0.39 is 4.92 Å². The number of hydrogen-bond donors (Lipinski definition) is 0. The lowest BCUT2D eigenvalue weighted by Crippen LogP contribution is -1.96. The number of hydrogen-bond acceptors (Lipinski definition) is 6. The number of halogens is 1. The molecule has 122 valence electrons. The molecule has 0 radical (unpaired) electrons. The van der Waals surface area contributed by atoms with E-state index in [0.717, 1.165) is 10.1 Å². The molecule has 0 saturated carbocycles. The summed E-state index contributed by atoms with van der Waals surface area (Å²) in [6.07, 6.45) is 0. The van der Waals surface area contributed by atoms with Crippen LogP contribution in [0.2, 0.25) is 0 Å². The van der Waals surface area contributed by atoms with E-state index in [2.05, 4.69) is 15.9 Å². The standard InChI is InChI=1S/C16H10BrNO5S/c1-22-16(19)15-7-9-6-13(12(17)8-14(9)24-15)23-11-4-2-10(3-5-11)18(20)21/h2-8H,1H3. The molecule has 0 spiro atoms. The second kappa shape index (κ2) is 6.58. The topological polar surface area (TPSA) is 78.7 Å². The predicted octanol–water partition coefficient (Wildman–Crippen LogP) is 5.15. The third kappa shape index (κ3) is 3.24. The number of fused-ring (bicyclic) bond motifs is 1. The first kappa shape index (κ1) is 16.4. The highest BCUT2D eigenvalue weighted by molar-refractivity contribution is 9.10. The van der Waals surface area contributed by atoms with Gasteiger partial charge < -0.3 is 9.47 Å². The molecule has 24 heavy (non-hydrogen) atoms. The summed E-state index contributed by atoms with van der Waals surface area (Å²) in [5.74, 6) is 0.639. The molecule has 0 unspecified atom stereocenters. The summed E-state index contributed by atoms with van der Waals surface area (Å²) < 4.78 is 12.1. The van der Waals surface area contributed by atoms with Gasteiger partial charge in [0.25, 0.3) is 5.69 Å². The Hall–Kier alpha value is -2.45. The number of rotatable bonds is 4. The fourth-order valence-electron chi connectivity index (χ4n) is 2.08. The fourth-order valence-corrected chi connectivity index (χ4v) is 3.66. The van der Waals surface area contributed by atoms with Gasteiger partial charge in [0.05, 0.1) is 16.5 Å². The van der Waals surface area contributed by atoms with Crippen LogP contribution in [0.25, 0.3) is 10.1 Å². The molecule has 0 N–H and O–H groups in total. The lowest BCUT2D eigenvalue weighted by Gasteiger charge is -2.07. The van der Waals surface area contributed by atoms with E-state index in [1.54, 1.807) is 12.1 Å². The molecule has 8 heteroatoms. The number of carbonyl (C=O) groups excluding carboxylic acids is 1. The number of methoxy groups -OCH3 is 1. The zero-order valence-corrected chi connectivity index (χ0v) is 14.7. The summed E-state index contributed by atoms with van der Waals surface area (Å²) in [7, 11) is 1.34. The molecule has 1 aromatic heterocycles. The minimum absolute atomic E-state index is 0.00239. The number of non-ortho nitro benzene ring substituents is 1. The van der Waals surface area contributed by atoms with E-state index in [0.29, 0.717) is 20.8 Å².